The van der Waals surface area contributed by atoms with E-state index in [1.165, 1.54) is 6.42 Å². The summed E-state index contributed by atoms with van der Waals surface area (Å²) in [5.41, 5.74) is 0. The van der Waals surface area contributed by atoms with Crippen LogP contribution in [0.2, 0.25) is 0 Å². The average molecular weight is 250 g/mol. The first kappa shape index (κ1) is 12.1. The van der Waals surface area contributed by atoms with Gasteiger partial charge in [0.25, 0.3) is 0 Å². The number of hydrogen-bond acceptors (Lipinski definition) is 4. The first-order valence-corrected chi connectivity index (χ1v) is 7.09. The van der Waals surface area contributed by atoms with Crippen LogP contribution in [0.3, 0.4) is 0 Å². The van der Waals surface area contributed by atoms with Crippen molar-refractivity contribution in [2.75, 3.05) is 26.2 Å². The Hall–Kier alpha value is -0.940. The fourth-order valence-corrected chi connectivity index (χ4v) is 3.13. The van der Waals surface area contributed by atoms with Crippen LogP contribution in [0.5, 0.6) is 0 Å². The van der Waals surface area contributed by atoms with Gasteiger partial charge in [0, 0.05) is 24.9 Å². The number of aromatic nitrogens is 3. The minimum atomic E-state index is 0.198. The van der Waals surface area contributed by atoms with Gasteiger partial charge in [-0.25, -0.2) is 9.67 Å². The average Bonchev–Trinajstić information content (AvgIpc) is 3.03. The van der Waals surface area contributed by atoms with Crippen molar-refractivity contribution in [2.45, 2.75) is 44.6 Å². The standard InChI is InChI=1S/C13H22N4O/c1-2-16-7-5-10(8-16)12-14-13-11(9-18)4-3-6-17(13)15-12/h10-11,18H,2-9H2,1H3. The van der Waals surface area contributed by atoms with Crippen LogP contribution in [0.1, 0.15) is 49.7 Å². The highest BCUT2D eigenvalue weighted by Crippen LogP contribution is 2.29. The quantitative estimate of drug-likeness (QED) is 0.868. The van der Waals surface area contributed by atoms with Crippen molar-refractivity contribution in [1.82, 2.24) is 19.7 Å². The van der Waals surface area contributed by atoms with Crippen molar-refractivity contribution in [3.05, 3.63) is 11.6 Å². The Balaban J connectivity index is 1.80. The zero-order valence-electron chi connectivity index (χ0n) is 11.0. The fraction of sp³-hybridized carbons (Fsp3) is 0.846. The molecule has 0 aromatic carbocycles. The van der Waals surface area contributed by atoms with E-state index in [0.29, 0.717) is 5.92 Å². The molecule has 0 amide bonds. The SMILES string of the molecule is CCN1CCC(c2nc3n(n2)CCCC3CO)C1. The third-order valence-electron chi connectivity index (χ3n) is 4.31. The summed E-state index contributed by atoms with van der Waals surface area (Å²) in [6, 6.07) is 0. The highest BCUT2D eigenvalue weighted by atomic mass is 16.3. The minimum Gasteiger partial charge on any atom is -0.396 e. The number of aliphatic hydroxyl groups excluding tert-OH is 1. The van der Waals surface area contributed by atoms with Crippen LogP contribution in [-0.2, 0) is 6.54 Å². The molecule has 100 valence electrons. The van der Waals surface area contributed by atoms with Gasteiger partial charge >= 0.3 is 0 Å². The lowest BCUT2D eigenvalue weighted by atomic mass is 10.0. The normalized spacial score (nSPS) is 28.6. The molecule has 2 unspecified atom stereocenters. The second kappa shape index (κ2) is 4.97. The van der Waals surface area contributed by atoms with E-state index < -0.39 is 0 Å². The molecule has 2 atom stereocenters. The first-order valence-electron chi connectivity index (χ1n) is 7.09. The summed E-state index contributed by atoms with van der Waals surface area (Å²) in [5.74, 6) is 2.70. The maximum absolute atomic E-state index is 9.40. The van der Waals surface area contributed by atoms with E-state index in [1.807, 2.05) is 4.68 Å². The maximum atomic E-state index is 9.40. The number of likely N-dealkylation sites (tertiary alicyclic amines) is 1. The van der Waals surface area contributed by atoms with Gasteiger partial charge < -0.3 is 10.0 Å². The smallest absolute Gasteiger partial charge is 0.155 e. The molecule has 1 saturated heterocycles. The van der Waals surface area contributed by atoms with E-state index >= 15 is 0 Å². The molecule has 2 aliphatic rings. The lowest BCUT2D eigenvalue weighted by molar-refractivity contribution is 0.234. The minimum absolute atomic E-state index is 0.198. The summed E-state index contributed by atoms with van der Waals surface area (Å²) >= 11 is 0. The summed E-state index contributed by atoms with van der Waals surface area (Å²) in [7, 11) is 0. The van der Waals surface area contributed by atoms with Crippen molar-refractivity contribution in [3.8, 4) is 0 Å². The van der Waals surface area contributed by atoms with Gasteiger partial charge in [-0.1, -0.05) is 6.92 Å². The van der Waals surface area contributed by atoms with Crippen LogP contribution in [0.25, 0.3) is 0 Å². The summed E-state index contributed by atoms with van der Waals surface area (Å²) in [4.78, 5) is 7.17. The van der Waals surface area contributed by atoms with Crippen LogP contribution >= 0.6 is 0 Å². The lowest BCUT2D eigenvalue weighted by Gasteiger charge is -2.19. The molecular formula is C13H22N4O. The monoisotopic (exact) mass is 250 g/mol. The number of fused-ring (bicyclic) bond motifs is 1. The van der Waals surface area contributed by atoms with Gasteiger partial charge in [0.05, 0.1) is 6.61 Å². The number of aryl methyl sites for hydroxylation is 1. The number of hydrogen-bond donors (Lipinski definition) is 1. The molecule has 1 aromatic rings. The van der Waals surface area contributed by atoms with Gasteiger partial charge in [0.1, 0.15) is 5.82 Å². The van der Waals surface area contributed by atoms with Gasteiger partial charge in [-0.15, -0.1) is 0 Å². The highest BCUT2D eigenvalue weighted by molar-refractivity contribution is 5.08. The molecule has 5 nitrogen and oxygen atoms in total. The molecular weight excluding hydrogens is 228 g/mol. The summed E-state index contributed by atoms with van der Waals surface area (Å²) in [6.07, 6.45) is 3.31. The van der Waals surface area contributed by atoms with Crippen LogP contribution in [0.15, 0.2) is 0 Å². The largest absolute Gasteiger partial charge is 0.396 e. The van der Waals surface area contributed by atoms with E-state index in [-0.39, 0.29) is 12.5 Å². The molecule has 1 aromatic heterocycles. The highest BCUT2D eigenvalue weighted by Gasteiger charge is 2.29. The second-order valence-corrected chi connectivity index (χ2v) is 5.45. The molecule has 1 fully saturated rings. The Morgan fingerprint density at radius 2 is 2.22 bits per heavy atom. The second-order valence-electron chi connectivity index (χ2n) is 5.45. The van der Waals surface area contributed by atoms with Crippen LogP contribution in [-0.4, -0.2) is 51.0 Å². The lowest BCUT2D eigenvalue weighted by Crippen LogP contribution is -2.19. The maximum Gasteiger partial charge on any atom is 0.155 e. The number of likely N-dealkylation sites (N-methyl/N-ethyl adjacent to an activating group) is 1. The van der Waals surface area contributed by atoms with Crippen LogP contribution < -0.4 is 0 Å². The zero-order valence-corrected chi connectivity index (χ0v) is 11.0. The van der Waals surface area contributed by atoms with Crippen molar-refractivity contribution < 1.29 is 5.11 Å². The predicted octanol–water partition coefficient (Wildman–Crippen LogP) is 0.957. The van der Waals surface area contributed by atoms with E-state index in [4.69, 9.17) is 4.98 Å². The van der Waals surface area contributed by atoms with Crippen molar-refractivity contribution >= 4 is 0 Å². The van der Waals surface area contributed by atoms with Crippen molar-refractivity contribution in [2.24, 2.45) is 0 Å². The molecule has 2 aliphatic heterocycles. The van der Waals surface area contributed by atoms with E-state index in [0.717, 1.165) is 50.7 Å². The summed E-state index contributed by atoms with van der Waals surface area (Å²) in [5, 5.41) is 14.1. The summed E-state index contributed by atoms with van der Waals surface area (Å²) < 4.78 is 2.02. The van der Waals surface area contributed by atoms with Gasteiger partial charge in [-0.2, -0.15) is 5.10 Å². The van der Waals surface area contributed by atoms with Crippen molar-refractivity contribution in [3.63, 3.8) is 0 Å². The Labute approximate surface area is 108 Å². The Morgan fingerprint density at radius 1 is 1.33 bits per heavy atom. The van der Waals surface area contributed by atoms with Crippen molar-refractivity contribution in [1.29, 1.82) is 0 Å². The Kier molecular flexibility index (Phi) is 3.35. The third kappa shape index (κ3) is 2.06. The fourth-order valence-electron chi connectivity index (χ4n) is 3.13. The predicted molar refractivity (Wildman–Crippen MR) is 68.6 cm³/mol. The Morgan fingerprint density at radius 3 is 2.94 bits per heavy atom. The van der Waals surface area contributed by atoms with Gasteiger partial charge in [-0.3, -0.25) is 0 Å². The molecule has 0 saturated carbocycles. The van der Waals surface area contributed by atoms with E-state index in [2.05, 4.69) is 16.9 Å². The summed E-state index contributed by atoms with van der Waals surface area (Å²) in [6.45, 7) is 6.73. The van der Waals surface area contributed by atoms with Crippen LogP contribution in [0, 0.1) is 0 Å². The van der Waals surface area contributed by atoms with Crippen LogP contribution in [0.4, 0.5) is 0 Å². The molecule has 3 rings (SSSR count). The molecule has 3 heterocycles. The number of aliphatic hydroxyl groups is 1. The number of rotatable bonds is 3. The number of nitrogens with zero attached hydrogens (tertiary/aromatic N) is 4. The van der Waals surface area contributed by atoms with E-state index in [9.17, 15) is 5.11 Å². The molecule has 5 heteroatoms. The third-order valence-corrected chi connectivity index (χ3v) is 4.31. The Bertz CT molecular complexity index is 417. The van der Waals surface area contributed by atoms with E-state index in [1.54, 1.807) is 0 Å². The topological polar surface area (TPSA) is 54.2 Å². The molecule has 1 N–H and O–H groups in total. The molecule has 0 spiro atoms. The zero-order chi connectivity index (χ0) is 12.5. The van der Waals surface area contributed by atoms with Gasteiger partial charge in [0.15, 0.2) is 5.82 Å². The molecule has 0 bridgehead atoms. The van der Waals surface area contributed by atoms with Gasteiger partial charge in [0.2, 0.25) is 0 Å². The first-order chi connectivity index (χ1) is 8.81. The molecule has 18 heavy (non-hydrogen) atoms. The molecule has 0 aliphatic carbocycles. The molecule has 0 radical (unpaired) electrons. The van der Waals surface area contributed by atoms with Gasteiger partial charge in [-0.05, 0) is 32.4 Å².